The van der Waals surface area contributed by atoms with Crippen molar-refractivity contribution in [2.24, 2.45) is 11.8 Å². The van der Waals surface area contributed by atoms with E-state index in [0.29, 0.717) is 0 Å². The quantitative estimate of drug-likeness (QED) is 0.598. The monoisotopic (exact) mass is 324 g/mol. The van der Waals surface area contributed by atoms with E-state index in [4.69, 9.17) is 11.6 Å². The van der Waals surface area contributed by atoms with Gasteiger partial charge in [-0.3, -0.25) is 0 Å². The van der Waals surface area contributed by atoms with Crippen LogP contribution in [0.15, 0.2) is 48.5 Å². The van der Waals surface area contributed by atoms with Crippen LogP contribution < -0.4 is 0 Å². The molecule has 0 amide bonds. The highest BCUT2D eigenvalue weighted by molar-refractivity contribution is 6.30. The molecule has 0 heterocycles. The number of halogens is 1. The van der Waals surface area contributed by atoms with Gasteiger partial charge in [-0.15, -0.1) is 0 Å². The van der Waals surface area contributed by atoms with Crippen molar-refractivity contribution in [1.29, 1.82) is 0 Å². The zero-order valence-corrected chi connectivity index (χ0v) is 14.4. The van der Waals surface area contributed by atoms with Gasteiger partial charge in [-0.25, -0.2) is 0 Å². The molecule has 120 valence electrons. The van der Waals surface area contributed by atoms with Crippen molar-refractivity contribution in [3.8, 4) is 0 Å². The maximum absolute atomic E-state index is 6.02. The number of hydrogen-bond acceptors (Lipinski definition) is 0. The van der Waals surface area contributed by atoms with Gasteiger partial charge in [-0.1, -0.05) is 48.0 Å². The van der Waals surface area contributed by atoms with E-state index in [1.165, 1.54) is 50.5 Å². The fraction of sp³-hybridized carbons (Fsp3) is 0.455. The summed E-state index contributed by atoms with van der Waals surface area (Å²) in [7, 11) is 0. The molecule has 4 rings (SSSR count). The Labute approximate surface area is 144 Å². The maximum atomic E-state index is 6.02. The van der Waals surface area contributed by atoms with Crippen LogP contribution in [0, 0.1) is 11.8 Å². The Hall–Kier alpha value is -1.27. The van der Waals surface area contributed by atoms with Crippen molar-refractivity contribution < 1.29 is 0 Å². The first-order chi connectivity index (χ1) is 11.3. The largest absolute Gasteiger partial charge is 0.0843 e. The zero-order valence-electron chi connectivity index (χ0n) is 13.7. The molecule has 2 aromatic carbocycles. The lowest BCUT2D eigenvalue weighted by Gasteiger charge is -2.36. The lowest BCUT2D eigenvalue weighted by atomic mass is 9.69. The average molecular weight is 325 g/mol. The molecule has 0 aromatic heterocycles. The van der Waals surface area contributed by atoms with Crippen LogP contribution in [0.25, 0.3) is 0 Å². The Balaban J connectivity index is 1.38. The summed E-state index contributed by atoms with van der Waals surface area (Å²) >= 11 is 6.02. The Bertz CT molecular complexity index is 650. The Morgan fingerprint density at radius 2 is 1.39 bits per heavy atom. The second kappa shape index (κ2) is 6.69. The van der Waals surface area contributed by atoms with Crippen LogP contribution in [0.4, 0.5) is 0 Å². The molecule has 2 aliphatic rings. The van der Waals surface area contributed by atoms with Crippen molar-refractivity contribution in [3.63, 3.8) is 0 Å². The van der Waals surface area contributed by atoms with Crippen molar-refractivity contribution in [2.75, 3.05) is 0 Å². The van der Waals surface area contributed by atoms with Crippen LogP contribution >= 0.6 is 11.6 Å². The molecule has 1 fully saturated rings. The number of benzene rings is 2. The third-order valence-electron chi connectivity index (χ3n) is 6.16. The molecule has 1 heteroatoms. The van der Waals surface area contributed by atoms with Gasteiger partial charge in [-0.05, 0) is 91.5 Å². The second-order valence-corrected chi connectivity index (χ2v) is 7.87. The highest BCUT2D eigenvalue weighted by Crippen LogP contribution is 2.42. The summed E-state index contributed by atoms with van der Waals surface area (Å²) < 4.78 is 0. The molecule has 0 radical (unpaired) electrons. The summed E-state index contributed by atoms with van der Waals surface area (Å²) in [4.78, 5) is 0. The molecule has 23 heavy (non-hydrogen) atoms. The van der Waals surface area contributed by atoms with Crippen LogP contribution in [0.5, 0.6) is 0 Å². The predicted octanol–water partition coefficient (Wildman–Crippen LogP) is 6.42. The molecule has 0 nitrogen and oxygen atoms in total. The summed E-state index contributed by atoms with van der Waals surface area (Å²) in [5.41, 5.74) is 4.70. The van der Waals surface area contributed by atoms with E-state index in [0.717, 1.165) is 22.8 Å². The first kappa shape index (κ1) is 15.3. The third kappa shape index (κ3) is 3.33. The number of fused-ring (bicyclic) bond motifs is 1. The van der Waals surface area contributed by atoms with Crippen LogP contribution in [0.2, 0.25) is 5.02 Å². The number of aryl methyl sites for hydroxylation is 1. The molecule has 1 atom stereocenters. The summed E-state index contributed by atoms with van der Waals surface area (Å²) in [6, 6.07) is 17.6. The van der Waals surface area contributed by atoms with Crippen LogP contribution in [0.3, 0.4) is 0 Å². The van der Waals surface area contributed by atoms with Gasteiger partial charge in [0, 0.05) is 5.02 Å². The standard InChI is InChI=1S/C22H25Cl/c23-22-13-11-18(12-14-22)17-5-7-19(8-6-17)21-10-9-16-3-1-2-4-20(16)15-21/h1-4,11-14,17,19,21H,5-10,15H2. The topological polar surface area (TPSA) is 0 Å². The molecule has 2 aliphatic carbocycles. The first-order valence-electron chi connectivity index (χ1n) is 9.12. The van der Waals surface area contributed by atoms with Gasteiger partial charge < -0.3 is 0 Å². The van der Waals surface area contributed by atoms with E-state index >= 15 is 0 Å². The molecule has 0 saturated heterocycles. The van der Waals surface area contributed by atoms with Gasteiger partial charge in [0.25, 0.3) is 0 Å². The summed E-state index contributed by atoms with van der Waals surface area (Å²) in [6.45, 7) is 0. The van der Waals surface area contributed by atoms with E-state index in [2.05, 4.69) is 36.4 Å². The van der Waals surface area contributed by atoms with Gasteiger partial charge >= 0.3 is 0 Å². The SMILES string of the molecule is Clc1ccc(C2CCC(C3CCc4ccccc4C3)CC2)cc1. The smallest absolute Gasteiger partial charge is 0.0406 e. The van der Waals surface area contributed by atoms with E-state index in [9.17, 15) is 0 Å². The van der Waals surface area contributed by atoms with Gasteiger partial charge in [0.15, 0.2) is 0 Å². The number of hydrogen-bond donors (Lipinski definition) is 0. The van der Waals surface area contributed by atoms with E-state index in [-0.39, 0.29) is 0 Å². The van der Waals surface area contributed by atoms with E-state index in [1.54, 1.807) is 11.1 Å². The van der Waals surface area contributed by atoms with Crippen molar-refractivity contribution in [1.82, 2.24) is 0 Å². The normalized spacial score (nSPS) is 27.4. The van der Waals surface area contributed by atoms with E-state index in [1.807, 2.05) is 12.1 Å². The van der Waals surface area contributed by atoms with Crippen molar-refractivity contribution in [2.45, 2.75) is 50.9 Å². The lowest BCUT2D eigenvalue weighted by molar-refractivity contribution is 0.214. The van der Waals surface area contributed by atoms with Gasteiger partial charge in [0.05, 0.1) is 0 Å². The Kier molecular flexibility index (Phi) is 4.44. The molecule has 0 N–H and O–H groups in total. The molecule has 1 unspecified atom stereocenters. The van der Waals surface area contributed by atoms with Gasteiger partial charge in [-0.2, -0.15) is 0 Å². The fourth-order valence-corrected chi connectivity index (χ4v) is 4.91. The minimum atomic E-state index is 0.749. The molecule has 0 aliphatic heterocycles. The second-order valence-electron chi connectivity index (χ2n) is 7.43. The highest BCUT2D eigenvalue weighted by atomic mass is 35.5. The minimum Gasteiger partial charge on any atom is -0.0843 e. The third-order valence-corrected chi connectivity index (χ3v) is 6.42. The zero-order chi connectivity index (χ0) is 15.6. The minimum absolute atomic E-state index is 0.749. The molecule has 0 bridgehead atoms. The maximum Gasteiger partial charge on any atom is 0.0406 e. The predicted molar refractivity (Wildman–Crippen MR) is 98.1 cm³/mol. The molecular formula is C22H25Cl. The lowest BCUT2D eigenvalue weighted by Crippen LogP contribution is -2.26. The molecule has 2 aromatic rings. The summed E-state index contributed by atoms with van der Waals surface area (Å²) in [5.74, 6) is 2.60. The average Bonchev–Trinajstić information content (AvgIpc) is 2.62. The Morgan fingerprint density at radius 3 is 2.13 bits per heavy atom. The van der Waals surface area contributed by atoms with Crippen molar-refractivity contribution in [3.05, 3.63) is 70.2 Å². The summed E-state index contributed by atoms with van der Waals surface area (Å²) in [5, 5.41) is 0.850. The summed E-state index contributed by atoms with van der Waals surface area (Å²) in [6.07, 6.45) is 9.51. The van der Waals surface area contributed by atoms with Crippen LogP contribution in [-0.2, 0) is 12.8 Å². The Morgan fingerprint density at radius 1 is 0.696 bits per heavy atom. The molecular weight excluding hydrogens is 300 g/mol. The first-order valence-corrected chi connectivity index (χ1v) is 9.49. The van der Waals surface area contributed by atoms with Crippen LogP contribution in [0.1, 0.15) is 54.7 Å². The molecule has 1 saturated carbocycles. The van der Waals surface area contributed by atoms with Gasteiger partial charge in [0.1, 0.15) is 0 Å². The van der Waals surface area contributed by atoms with Gasteiger partial charge in [0.2, 0.25) is 0 Å². The van der Waals surface area contributed by atoms with Crippen molar-refractivity contribution >= 4 is 11.6 Å². The van der Waals surface area contributed by atoms with E-state index < -0.39 is 0 Å². The number of rotatable bonds is 2. The van der Waals surface area contributed by atoms with Crippen LogP contribution in [-0.4, -0.2) is 0 Å². The highest BCUT2D eigenvalue weighted by Gasteiger charge is 2.30. The molecule has 0 spiro atoms. The fourth-order valence-electron chi connectivity index (χ4n) is 4.79.